The summed E-state index contributed by atoms with van der Waals surface area (Å²) in [6, 6.07) is 0. The van der Waals surface area contributed by atoms with Crippen LogP contribution in [0.3, 0.4) is 0 Å². The van der Waals surface area contributed by atoms with Crippen molar-refractivity contribution in [2.24, 2.45) is 11.8 Å². The summed E-state index contributed by atoms with van der Waals surface area (Å²) in [7, 11) is 0. The lowest BCUT2D eigenvalue weighted by atomic mass is 10.2. The van der Waals surface area contributed by atoms with Crippen LogP contribution in [-0.4, -0.2) is 36.7 Å². The van der Waals surface area contributed by atoms with Gasteiger partial charge in [0.15, 0.2) is 0 Å². The van der Waals surface area contributed by atoms with E-state index < -0.39 is 0 Å². The molecule has 3 N–H and O–H groups in total. The van der Waals surface area contributed by atoms with E-state index in [0.717, 1.165) is 0 Å². The lowest BCUT2D eigenvalue weighted by molar-refractivity contribution is -0.140. The highest BCUT2D eigenvalue weighted by Crippen LogP contribution is 1.96. The topological polar surface area (TPSA) is 87.7 Å². The van der Waals surface area contributed by atoms with Crippen LogP contribution in [0.15, 0.2) is 0 Å². The molecule has 1 atom stereocenters. The predicted octanol–water partition coefficient (Wildman–Crippen LogP) is -0.565. The van der Waals surface area contributed by atoms with Crippen LogP contribution in [-0.2, 0) is 14.4 Å². The molecule has 0 aliphatic heterocycles. The van der Waals surface area contributed by atoms with Crippen LogP contribution in [0, 0.1) is 11.8 Å². The number of carbonyl (C=O) groups is 2. The Labute approximate surface area is 95.3 Å². The van der Waals surface area contributed by atoms with Crippen LogP contribution < -0.4 is 10.8 Å². The highest BCUT2D eigenvalue weighted by molar-refractivity contribution is 5.78. The van der Waals surface area contributed by atoms with Crippen molar-refractivity contribution in [3.05, 3.63) is 0 Å². The maximum absolute atomic E-state index is 11.3. The molecule has 16 heavy (non-hydrogen) atoms. The molecule has 0 saturated carbocycles. The van der Waals surface area contributed by atoms with Crippen molar-refractivity contribution in [3.8, 4) is 0 Å². The molecular formula is C10H20N2O4. The molecule has 0 aliphatic carbocycles. The van der Waals surface area contributed by atoms with E-state index in [-0.39, 0.29) is 43.4 Å². The third kappa shape index (κ3) is 6.36. The second kappa shape index (κ2) is 8.06. The van der Waals surface area contributed by atoms with Crippen molar-refractivity contribution in [2.45, 2.75) is 20.8 Å². The van der Waals surface area contributed by atoms with Crippen molar-refractivity contribution in [2.75, 3.05) is 19.8 Å². The third-order valence-electron chi connectivity index (χ3n) is 1.89. The Morgan fingerprint density at radius 3 is 2.38 bits per heavy atom. The summed E-state index contributed by atoms with van der Waals surface area (Å²) in [5.41, 5.74) is 2.26. The Bertz CT molecular complexity index is 231. The number of amides is 2. The van der Waals surface area contributed by atoms with Crippen LogP contribution in [0.5, 0.6) is 0 Å². The fraction of sp³-hybridized carbons (Fsp3) is 0.800. The van der Waals surface area contributed by atoms with Crippen molar-refractivity contribution < 1.29 is 19.5 Å². The number of rotatable bonds is 7. The first-order chi connectivity index (χ1) is 7.49. The second-order valence-electron chi connectivity index (χ2n) is 3.85. The van der Waals surface area contributed by atoms with E-state index in [1.807, 2.05) is 0 Å². The summed E-state index contributed by atoms with van der Waals surface area (Å²) in [4.78, 5) is 27.3. The molecule has 0 radical (unpaired) electrons. The van der Waals surface area contributed by atoms with Gasteiger partial charge in [-0.2, -0.15) is 0 Å². The molecule has 2 amide bonds. The first kappa shape index (κ1) is 14.9. The molecule has 6 heteroatoms. The highest BCUT2D eigenvalue weighted by Gasteiger charge is 2.13. The van der Waals surface area contributed by atoms with Gasteiger partial charge in [-0.05, 0) is 0 Å². The predicted molar refractivity (Wildman–Crippen MR) is 58.2 cm³/mol. The fourth-order valence-corrected chi connectivity index (χ4v) is 0.785. The van der Waals surface area contributed by atoms with Gasteiger partial charge in [0.25, 0.3) is 0 Å². The SMILES string of the molecule is CC(C)C(=O)NOCC(C)C(=O)NCCO. The molecule has 94 valence electrons. The molecule has 1 unspecified atom stereocenters. The fourth-order valence-electron chi connectivity index (χ4n) is 0.785. The summed E-state index contributed by atoms with van der Waals surface area (Å²) in [5.74, 6) is -0.964. The van der Waals surface area contributed by atoms with Gasteiger partial charge in [0, 0.05) is 12.5 Å². The maximum Gasteiger partial charge on any atom is 0.246 e. The molecule has 0 aromatic carbocycles. The molecule has 6 nitrogen and oxygen atoms in total. The normalized spacial score (nSPS) is 12.3. The van der Waals surface area contributed by atoms with Gasteiger partial charge >= 0.3 is 0 Å². The molecule has 0 spiro atoms. The summed E-state index contributed by atoms with van der Waals surface area (Å²) in [6.45, 7) is 5.40. The number of aliphatic hydroxyl groups excluding tert-OH is 1. The van der Waals surface area contributed by atoms with E-state index in [0.29, 0.717) is 0 Å². The quantitative estimate of drug-likeness (QED) is 0.513. The summed E-state index contributed by atoms with van der Waals surface area (Å²) in [6.07, 6.45) is 0. The Hall–Kier alpha value is -1.14. The summed E-state index contributed by atoms with van der Waals surface area (Å²) >= 11 is 0. The molecule has 0 aromatic rings. The smallest absolute Gasteiger partial charge is 0.246 e. The van der Waals surface area contributed by atoms with Gasteiger partial charge in [0.05, 0.1) is 19.1 Å². The number of hydroxylamine groups is 1. The Morgan fingerprint density at radius 2 is 1.88 bits per heavy atom. The van der Waals surface area contributed by atoms with Gasteiger partial charge in [-0.15, -0.1) is 0 Å². The first-order valence-electron chi connectivity index (χ1n) is 5.29. The minimum atomic E-state index is -0.376. The number of aliphatic hydroxyl groups is 1. The van der Waals surface area contributed by atoms with Gasteiger partial charge in [-0.1, -0.05) is 20.8 Å². The molecule has 0 heterocycles. The lowest BCUT2D eigenvalue weighted by Gasteiger charge is -2.12. The lowest BCUT2D eigenvalue weighted by Crippen LogP contribution is -2.36. The van der Waals surface area contributed by atoms with Crippen LogP contribution >= 0.6 is 0 Å². The van der Waals surface area contributed by atoms with Gasteiger partial charge in [-0.25, -0.2) is 5.48 Å². The van der Waals surface area contributed by atoms with E-state index in [9.17, 15) is 9.59 Å². The van der Waals surface area contributed by atoms with Crippen LogP contribution in [0.1, 0.15) is 20.8 Å². The zero-order valence-electron chi connectivity index (χ0n) is 9.95. The largest absolute Gasteiger partial charge is 0.395 e. The maximum atomic E-state index is 11.3. The first-order valence-corrected chi connectivity index (χ1v) is 5.29. The standard InChI is InChI=1S/C10H20N2O4/c1-7(2)9(14)12-16-6-8(3)10(15)11-4-5-13/h7-8,13H,4-6H2,1-3H3,(H,11,15)(H,12,14). The van der Waals surface area contributed by atoms with Crippen LogP contribution in [0.2, 0.25) is 0 Å². The Balaban J connectivity index is 3.68. The summed E-state index contributed by atoms with van der Waals surface area (Å²) < 4.78 is 0. The molecule has 0 saturated heterocycles. The monoisotopic (exact) mass is 232 g/mol. The molecule has 0 aromatic heterocycles. The Kier molecular flexibility index (Phi) is 7.49. The molecule has 0 fully saturated rings. The number of nitrogens with one attached hydrogen (secondary N) is 2. The minimum Gasteiger partial charge on any atom is -0.395 e. The van der Waals surface area contributed by atoms with Crippen molar-refractivity contribution in [3.63, 3.8) is 0 Å². The average molecular weight is 232 g/mol. The zero-order valence-corrected chi connectivity index (χ0v) is 9.95. The zero-order chi connectivity index (χ0) is 12.6. The highest BCUT2D eigenvalue weighted by atomic mass is 16.7. The van der Waals surface area contributed by atoms with Crippen molar-refractivity contribution in [1.29, 1.82) is 0 Å². The van der Waals surface area contributed by atoms with Gasteiger partial charge < -0.3 is 10.4 Å². The molecular weight excluding hydrogens is 212 g/mol. The average Bonchev–Trinajstić information content (AvgIpc) is 2.25. The molecule has 0 bridgehead atoms. The van der Waals surface area contributed by atoms with E-state index in [4.69, 9.17) is 9.94 Å². The number of hydrogen-bond acceptors (Lipinski definition) is 4. The van der Waals surface area contributed by atoms with Crippen LogP contribution in [0.4, 0.5) is 0 Å². The minimum absolute atomic E-state index is 0.0938. The van der Waals surface area contributed by atoms with Gasteiger partial charge in [0.2, 0.25) is 11.8 Å². The van der Waals surface area contributed by atoms with Crippen molar-refractivity contribution in [1.82, 2.24) is 10.8 Å². The van der Waals surface area contributed by atoms with Gasteiger partial charge in [0.1, 0.15) is 0 Å². The number of carbonyl (C=O) groups excluding carboxylic acids is 2. The van der Waals surface area contributed by atoms with Gasteiger partial charge in [-0.3, -0.25) is 14.4 Å². The van der Waals surface area contributed by atoms with Crippen molar-refractivity contribution >= 4 is 11.8 Å². The third-order valence-corrected chi connectivity index (χ3v) is 1.89. The number of hydrogen-bond donors (Lipinski definition) is 3. The van der Waals surface area contributed by atoms with Crippen LogP contribution in [0.25, 0.3) is 0 Å². The van der Waals surface area contributed by atoms with E-state index in [1.54, 1.807) is 20.8 Å². The summed E-state index contributed by atoms with van der Waals surface area (Å²) in [5, 5.41) is 11.0. The van der Waals surface area contributed by atoms with E-state index >= 15 is 0 Å². The van der Waals surface area contributed by atoms with E-state index in [1.165, 1.54) is 0 Å². The van der Waals surface area contributed by atoms with E-state index in [2.05, 4.69) is 10.8 Å². The molecule has 0 aliphatic rings. The second-order valence-corrected chi connectivity index (χ2v) is 3.85. The molecule has 0 rings (SSSR count). The Morgan fingerprint density at radius 1 is 1.25 bits per heavy atom.